The van der Waals surface area contributed by atoms with E-state index in [9.17, 15) is 0 Å². The van der Waals surface area contributed by atoms with Gasteiger partial charge in [0.05, 0.1) is 0 Å². The number of benzene rings is 9. The Balaban J connectivity index is 1.06. The average molecular weight is 702 g/mol. The van der Waals surface area contributed by atoms with Crippen molar-refractivity contribution in [2.45, 2.75) is 0 Å². The number of rotatable bonds is 5. The van der Waals surface area contributed by atoms with Crippen molar-refractivity contribution < 1.29 is 4.42 Å². The van der Waals surface area contributed by atoms with Gasteiger partial charge in [-0.15, -0.1) is 0 Å². The van der Waals surface area contributed by atoms with Gasteiger partial charge in [0, 0.05) is 27.5 Å². The Kier molecular flexibility index (Phi) is 7.14. The maximum absolute atomic E-state index is 6.20. The Morgan fingerprint density at radius 3 is 1.36 bits per heavy atom. The van der Waals surface area contributed by atoms with Crippen LogP contribution >= 0.6 is 0 Å². The first-order valence-electron chi connectivity index (χ1n) is 18.5. The van der Waals surface area contributed by atoms with Crippen LogP contribution in [0.5, 0.6) is 0 Å². The number of furan rings is 1. The van der Waals surface area contributed by atoms with Crippen LogP contribution in [-0.2, 0) is 0 Å². The van der Waals surface area contributed by atoms with Gasteiger partial charge in [-0.2, -0.15) is 0 Å². The molecule has 0 aliphatic rings. The smallest absolute Gasteiger partial charge is 0.164 e. The highest BCUT2D eigenvalue weighted by molar-refractivity contribution is 6.25. The second-order valence-electron chi connectivity index (χ2n) is 14.0. The number of nitrogens with zero attached hydrogens (tertiary/aromatic N) is 3. The molecule has 0 amide bonds. The van der Waals surface area contributed by atoms with Crippen molar-refractivity contribution in [2.75, 3.05) is 0 Å². The highest BCUT2D eigenvalue weighted by atomic mass is 16.3. The molecule has 0 N–H and O–H groups in total. The largest absolute Gasteiger partial charge is 0.456 e. The minimum Gasteiger partial charge on any atom is -0.456 e. The maximum Gasteiger partial charge on any atom is 0.164 e. The van der Waals surface area contributed by atoms with Gasteiger partial charge >= 0.3 is 0 Å². The summed E-state index contributed by atoms with van der Waals surface area (Å²) >= 11 is 0. The number of para-hydroxylation sites is 1. The van der Waals surface area contributed by atoms with Crippen molar-refractivity contribution in [2.24, 2.45) is 0 Å². The van der Waals surface area contributed by atoms with Crippen LogP contribution in [0.25, 0.3) is 111 Å². The Labute approximate surface area is 317 Å². The highest BCUT2D eigenvalue weighted by Gasteiger charge is 2.16. The monoisotopic (exact) mass is 701 g/mol. The quantitative estimate of drug-likeness (QED) is 0.168. The average Bonchev–Trinajstić information content (AvgIpc) is 3.65. The topological polar surface area (TPSA) is 51.8 Å². The van der Waals surface area contributed by atoms with E-state index >= 15 is 0 Å². The van der Waals surface area contributed by atoms with E-state index in [0.29, 0.717) is 17.5 Å². The van der Waals surface area contributed by atoms with Crippen LogP contribution in [0.15, 0.2) is 192 Å². The highest BCUT2D eigenvalue weighted by Crippen LogP contribution is 2.38. The second-order valence-corrected chi connectivity index (χ2v) is 14.0. The van der Waals surface area contributed by atoms with Gasteiger partial charge in [-0.3, -0.25) is 0 Å². The Morgan fingerprint density at radius 2 is 0.655 bits per heavy atom. The van der Waals surface area contributed by atoms with Crippen molar-refractivity contribution >= 4 is 54.3 Å². The van der Waals surface area contributed by atoms with Crippen LogP contribution < -0.4 is 0 Å². The predicted octanol–water partition coefficient (Wildman–Crippen LogP) is 13.6. The molecule has 11 rings (SSSR count). The van der Waals surface area contributed by atoms with E-state index in [0.717, 1.165) is 60.9 Å². The molecule has 55 heavy (non-hydrogen) atoms. The molecule has 0 spiro atoms. The third kappa shape index (κ3) is 5.34. The summed E-state index contributed by atoms with van der Waals surface area (Å²) in [5, 5.41) is 9.55. The zero-order chi connectivity index (χ0) is 36.3. The number of hydrogen-bond donors (Lipinski definition) is 0. The van der Waals surface area contributed by atoms with Crippen molar-refractivity contribution in [3.63, 3.8) is 0 Å². The summed E-state index contributed by atoms with van der Waals surface area (Å²) in [4.78, 5) is 15.4. The van der Waals surface area contributed by atoms with Crippen molar-refractivity contribution in [3.05, 3.63) is 188 Å². The van der Waals surface area contributed by atoms with Crippen LogP contribution in [-0.4, -0.2) is 15.0 Å². The normalized spacial score (nSPS) is 11.6. The third-order valence-electron chi connectivity index (χ3n) is 10.7. The Bertz CT molecular complexity index is 3220. The van der Waals surface area contributed by atoms with Gasteiger partial charge in [0.2, 0.25) is 0 Å². The molecule has 0 atom stereocenters. The number of hydrogen-bond acceptors (Lipinski definition) is 4. The fourth-order valence-electron chi connectivity index (χ4n) is 8.00. The molecule has 0 bridgehead atoms. The molecule has 0 fully saturated rings. The summed E-state index contributed by atoms with van der Waals surface area (Å²) in [7, 11) is 0. The first-order valence-corrected chi connectivity index (χ1v) is 18.5. The molecular weight excluding hydrogens is 671 g/mol. The molecule has 2 heterocycles. The van der Waals surface area contributed by atoms with E-state index in [4.69, 9.17) is 19.4 Å². The molecule has 0 saturated heterocycles. The predicted molar refractivity (Wildman–Crippen MR) is 227 cm³/mol. The zero-order valence-corrected chi connectivity index (χ0v) is 29.6. The standard InChI is InChI=1S/C51H31N3O/c1-2-11-32(12-3-1)35-13-10-14-37(29-35)50-52-49(34-23-21-33(22-24-34)36-25-28-45-44-19-8-9-20-47(44)55-48(45)31-36)53-51(54-50)38-26-27-43-41-17-5-4-15-39(41)40-16-6-7-18-42(40)46(43)30-38/h1-31H. The first-order chi connectivity index (χ1) is 27.2. The molecule has 256 valence electrons. The van der Waals surface area contributed by atoms with Crippen LogP contribution in [0.2, 0.25) is 0 Å². The Hall–Kier alpha value is -7.43. The SMILES string of the molecule is c1ccc(-c2cccc(-c3nc(-c4ccc(-c5ccc6c(c5)oc5ccccc56)cc4)nc(-c4ccc5c6ccccc6c6ccccc6c5c4)n3)c2)cc1. The number of aromatic nitrogens is 3. The van der Waals surface area contributed by atoms with Crippen molar-refractivity contribution in [1.82, 2.24) is 15.0 Å². The third-order valence-corrected chi connectivity index (χ3v) is 10.7. The van der Waals surface area contributed by atoms with Crippen LogP contribution in [0.3, 0.4) is 0 Å². The molecule has 9 aromatic carbocycles. The second kappa shape index (κ2) is 12.6. The molecule has 0 aliphatic carbocycles. The lowest BCUT2D eigenvalue weighted by Gasteiger charge is -2.13. The maximum atomic E-state index is 6.20. The van der Waals surface area contributed by atoms with Crippen LogP contribution in [0, 0.1) is 0 Å². The minimum absolute atomic E-state index is 0.618. The number of fused-ring (bicyclic) bond motifs is 9. The fourth-order valence-corrected chi connectivity index (χ4v) is 8.00. The van der Waals surface area contributed by atoms with Crippen LogP contribution in [0.1, 0.15) is 0 Å². The van der Waals surface area contributed by atoms with Crippen molar-refractivity contribution in [3.8, 4) is 56.4 Å². The van der Waals surface area contributed by atoms with Gasteiger partial charge in [-0.25, -0.2) is 15.0 Å². The lowest BCUT2D eigenvalue weighted by atomic mass is 9.93. The fraction of sp³-hybridized carbons (Fsp3) is 0. The zero-order valence-electron chi connectivity index (χ0n) is 29.6. The van der Waals surface area contributed by atoms with Gasteiger partial charge in [0.25, 0.3) is 0 Å². The van der Waals surface area contributed by atoms with E-state index in [1.807, 2.05) is 24.3 Å². The Morgan fingerprint density at radius 1 is 0.236 bits per heavy atom. The lowest BCUT2D eigenvalue weighted by molar-refractivity contribution is 0.669. The minimum atomic E-state index is 0.618. The molecule has 11 aromatic rings. The first kappa shape index (κ1) is 31.1. The van der Waals surface area contributed by atoms with E-state index in [2.05, 4.69) is 164 Å². The summed E-state index contributed by atoms with van der Waals surface area (Å²) in [6, 6.07) is 65.8. The molecule has 4 nitrogen and oxygen atoms in total. The summed E-state index contributed by atoms with van der Waals surface area (Å²) in [6.07, 6.45) is 0. The molecule has 0 unspecified atom stereocenters. The molecule has 0 saturated carbocycles. The summed E-state index contributed by atoms with van der Waals surface area (Å²) in [6.45, 7) is 0. The van der Waals surface area contributed by atoms with E-state index in [1.165, 1.54) is 32.3 Å². The van der Waals surface area contributed by atoms with Crippen molar-refractivity contribution in [1.29, 1.82) is 0 Å². The van der Waals surface area contributed by atoms with Gasteiger partial charge in [0.15, 0.2) is 17.5 Å². The van der Waals surface area contributed by atoms with E-state index in [-0.39, 0.29) is 0 Å². The van der Waals surface area contributed by atoms with Crippen LogP contribution in [0.4, 0.5) is 0 Å². The van der Waals surface area contributed by atoms with E-state index in [1.54, 1.807) is 0 Å². The van der Waals surface area contributed by atoms with E-state index < -0.39 is 0 Å². The lowest BCUT2D eigenvalue weighted by Crippen LogP contribution is -2.00. The molecule has 4 heteroatoms. The molecular formula is C51H31N3O. The van der Waals surface area contributed by atoms with Gasteiger partial charge in [-0.1, -0.05) is 158 Å². The summed E-state index contributed by atoms with van der Waals surface area (Å²) < 4.78 is 6.20. The summed E-state index contributed by atoms with van der Waals surface area (Å²) in [5.41, 5.74) is 8.98. The van der Waals surface area contributed by atoms with Gasteiger partial charge in [-0.05, 0) is 84.9 Å². The molecule has 0 aliphatic heterocycles. The van der Waals surface area contributed by atoms with Gasteiger partial charge in [0.1, 0.15) is 11.2 Å². The molecule has 0 radical (unpaired) electrons. The molecule has 2 aromatic heterocycles. The van der Waals surface area contributed by atoms with Gasteiger partial charge < -0.3 is 4.42 Å². The summed E-state index contributed by atoms with van der Waals surface area (Å²) in [5.74, 6) is 1.87.